The molecule has 0 atom stereocenters. The summed E-state index contributed by atoms with van der Waals surface area (Å²) in [5, 5.41) is 25.5. The van der Waals surface area contributed by atoms with Crippen molar-refractivity contribution in [1.82, 2.24) is 0 Å². The smallest absolute Gasteiger partial charge is 0.119 e. The van der Waals surface area contributed by atoms with Gasteiger partial charge in [0.2, 0.25) is 0 Å². The van der Waals surface area contributed by atoms with Crippen molar-refractivity contribution in [3.05, 3.63) is 59.7 Å². The molecule has 28 heavy (non-hydrogen) atoms. The van der Waals surface area contributed by atoms with Crippen molar-refractivity contribution >= 4 is 11.4 Å². The molecule has 0 fully saturated rings. The van der Waals surface area contributed by atoms with Gasteiger partial charge in [-0.25, -0.2) is 0 Å². The molecule has 0 heterocycles. The van der Waals surface area contributed by atoms with Crippen molar-refractivity contribution in [2.75, 3.05) is 13.2 Å². The van der Waals surface area contributed by atoms with E-state index in [0.29, 0.717) is 37.5 Å². The Labute approximate surface area is 166 Å². The van der Waals surface area contributed by atoms with E-state index in [-0.39, 0.29) is 0 Å². The molecule has 0 aliphatic heterocycles. The molecule has 6 heteroatoms. The minimum absolute atomic E-state index is 0.614. The average Bonchev–Trinajstić information content (AvgIpc) is 2.73. The number of benzene rings is 2. The SMILES string of the molecule is CCOc1ccc(C(CCCCC(=NO)c2ccc(OCC)cc2)=NO)cc1. The first-order chi connectivity index (χ1) is 13.7. The maximum absolute atomic E-state index is 9.34. The number of ether oxygens (including phenoxy) is 2. The Morgan fingerprint density at radius 3 is 1.32 bits per heavy atom. The lowest BCUT2D eigenvalue weighted by Crippen LogP contribution is -2.04. The molecule has 6 nitrogen and oxygen atoms in total. The Morgan fingerprint density at radius 1 is 0.679 bits per heavy atom. The minimum Gasteiger partial charge on any atom is -0.494 e. The van der Waals surface area contributed by atoms with Gasteiger partial charge in [0.1, 0.15) is 11.5 Å². The molecule has 0 saturated heterocycles. The fraction of sp³-hybridized carbons (Fsp3) is 0.364. The van der Waals surface area contributed by atoms with Crippen LogP contribution < -0.4 is 9.47 Å². The van der Waals surface area contributed by atoms with E-state index in [0.717, 1.165) is 35.5 Å². The van der Waals surface area contributed by atoms with Crippen LogP contribution in [-0.2, 0) is 0 Å². The van der Waals surface area contributed by atoms with E-state index in [4.69, 9.17) is 9.47 Å². The number of nitrogens with zero attached hydrogens (tertiary/aromatic N) is 2. The summed E-state index contributed by atoms with van der Waals surface area (Å²) in [6, 6.07) is 15.0. The van der Waals surface area contributed by atoms with Gasteiger partial charge in [-0.2, -0.15) is 0 Å². The molecule has 0 aliphatic rings. The Hall–Kier alpha value is -3.02. The molecule has 0 aliphatic carbocycles. The van der Waals surface area contributed by atoms with Gasteiger partial charge in [0.25, 0.3) is 0 Å². The Balaban J connectivity index is 1.85. The molecular weight excluding hydrogens is 356 g/mol. The number of hydrogen-bond acceptors (Lipinski definition) is 6. The van der Waals surface area contributed by atoms with Crippen molar-refractivity contribution < 1.29 is 19.9 Å². The van der Waals surface area contributed by atoms with Crippen LogP contribution in [0.4, 0.5) is 0 Å². The second kappa shape index (κ2) is 11.6. The van der Waals surface area contributed by atoms with Crippen molar-refractivity contribution in [1.29, 1.82) is 0 Å². The van der Waals surface area contributed by atoms with Crippen LogP contribution in [0.5, 0.6) is 11.5 Å². The second-order valence-electron chi connectivity index (χ2n) is 6.22. The number of rotatable bonds is 11. The first-order valence-corrected chi connectivity index (χ1v) is 9.60. The lowest BCUT2D eigenvalue weighted by Gasteiger charge is -2.08. The summed E-state index contributed by atoms with van der Waals surface area (Å²) in [5.41, 5.74) is 3.00. The standard InChI is InChI=1S/C22H28N2O4/c1-3-27-19-13-9-17(10-14-19)21(23-25)7-5-6-8-22(24-26)18-11-15-20(16-12-18)28-4-2/h9-16,25-26H,3-8H2,1-2H3. The highest BCUT2D eigenvalue weighted by Gasteiger charge is 2.08. The molecule has 2 aromatic rings. The summed E-state index contributed by atoms with van der Waals surface area (Å²) < 4.78 is 10.9. The van der Waals surface area contributed by atoms with Crippen molar-refractivity contribution in [3.63, 3.8) is 0 Å². The van der Waals surface area contributed by atoms with Crippen molar-refractivity contribution in [2.45, 2.75) is 39.5 Å². The fourth-order valence-corrected chi connectivity index (χ4v) is 2.91. The number of unbranched alkanes of at least 4 members (excludes halogenated alkanes) is 1. The summed E-state index contributed by atoms with van der Waals surface area (Å²) in [4.78, 5) is 0. The van der Waals surface area contributed by atoms with Gasteiger partial charge in [0, 0.05) is 0 Å². The largest absolute Gasteiger partial charge is 0.494 e. The molecule has 0 bridgehead atoms. The van der Waals surface area contributed by atoms with E-state index in [1.165, 1.54) is 0 Å². The predicted molar refractivity (Wildman–Crippen MR) is 110 cm³/mol. The van der Waals surface area contributed by atoms with Gasteiger partial charge in [-0.05, 0) is 99.2 Å². The third-order valence-corrected chi connectivity index (χ3v) is 4.32. The first-order valence-electron chi connectivity index (χ1n) is 9.60. The molecule has 0 spiro atoms. The first kappa shape index (κ1) is 21.3. The highest BCUT2D eigenvalue weighted by Crippen LogP contribution is 2.18. The zero-order valence-corrected chi connectivity index (χ0v) is 16.5. The molecule has 2 rings (SSSR count). The monoisotopic (exact) mass is 384 g/mol. The second-order valence-corrected chi connectivity index (χ2v) is 6.22. The van der Waals surface area contributed by atoms with E-state index in [2.05, 4.69) is 10.3 Å². The Bertz CT molecular complexity index is 701. The lowest BCUT2D eigenvalue weighted by atomic mass is 10.0. The van der Waals surface area contributed by atoms with Gasteiger partial charge < -0.3 is 19.9 Å². The van der Waals surface area contributed by atoms with Gasteiger partial charge in [-0.1, -0.05) is 10.3 Å². The van der Waals surface area contributed by atoms with Crippen molar-refractivity contribution in [3.8, 4) is 11.5 Å². The summed E-state index contributed by atoms with van der Waals surface area (Å²) in [6.07, 6.45) is 2.88. The number of oxime groups is 2. The predicted octanol–water partition coefficient (Wildman–Crippen LogP) is 5.10. The molecule has 150 valence electrons. The van der Waals surface area contributed by atoms with Crippen LogP contribution in [0.15, 0.2) is 58.8 Å². The zero-order chi connectivity index (χ0) is 20.2. The molecule has 0 radical (unpaired) electrons. The third kappa shape index (κ3) is 6.30. The molecule has 0 saturated carbocycles. The average molecular weight is 384 g/mol. The molecular formula is C22H28N2O4. The van der Waals surface area contributed by atoms with Gasteiger partial charge in [0.05, 0.1) is 24.6 Å². The van der Waals surface area contributed by atoms with Crippen LogP contribution in [-0.4, -0.2) is 35.1 Å². The van der Waals surface area contributed by atoms with E-state index in [9.17, 15) is 10.4 Å². The number of hydrogen-bond donors (Lipinski definition) is 2. The van der Waals surface area contributed by atoms with E-state index in [1.54, 1.807) is 0 Å². The summed E-state index contributed by atoms with van der Waals surface area (Å²) in [7, 11) is 0. The van der Waals surface area contributed by atoms with Crippen LogP contribution >= 0.6 is 0 Å². The van der Waals surface area contributed by atoms with Crippen LogP contribution in [0, 0.1) is 0 Å². The zero-order valence-electron chi connectivity index (χ0n) is 16.5. The van der Waals surface area contributed by atoms with E-state index >= 15 is 0 Å². The quantitative estimate of drug-likeness (QED) is 0.244. The van der Waals surface area contributed by atoms with E-state index in [1.807, 2.05) is 62.4 Å². The van der Waals surface area contributed by atoms with Gasteiger partial charge in [-0.3, -0.25) is 0 Å². The van der Waals surface area contributed by atoms with Gasteiger partial charge in [-0.15, -0.1) is 0 Å². The fourth-order valence-electron chi connectivity index (χ4n) is 2.91. The molecule has 2 aromatic carbocycles. The topological polar surface area (TPSA) is 83.6 Å². The maximum atomic E-state index is 9.34. The summed E-state index contributed by atoms with van der Waals surface area (Å²) in [6.45, 7) is 5.10. The maximum Gasteiger partial charge on any atom is 0.119 e. The summed E-state index contributed by atoms with van der Waals surface area (Å²) in [5.74, 6) is 1.59. The normalized spacial score (nSPS) is 12.1. The Kier molecular flexibility index (Phi) is 8.85. The molecule has 0 unspecified atom stereocenters. The minimum atomic E-state index is 0.614. The molecule has 0 amide bonds. The van der Waals surface area contributed by atoms with Crippen LogP contribution in [0.25, 0.3) is 0 Å². The van der Waals surface area contributed by atoms with Gasteiger partial charge in [0.15, 0.2) is 0 Å². The van der Waals surface area contributed by atoms with Crippen molar-refractivity contribution in [2.24, 2.45) is 10.3 Å². The van der Waals surface area contributed by atoms with E-state index < -0.39 is 0 Å². The van der Waals surface area contributed by atoms with Crippen LogP contribution in [0.2, 0.25) is 0 Å². The third-order valence-electron chi connectivity index (χ3n) is 4.32. The molecule has 0 aromatic heterocycles. The lowest BCUT2D eigenvalue weighted by molar-refractivity contribution is 0.316. The van der Waals surface area contributed by atoms with Crippen LogP contribution in [0.1, 0.15) is 50.7 Å². The molecule has 2 N–H and O–H groups in total. The highest BCUT2D eigenvalue weighted by molar-refractivity contribution is 6.01. The van der Waals surface area contributed by atoms with Gasteiger partial charge >= 0.3 is 0 Å². The highest BCUT2D eigenvalue weighted by atomic mass is 16.5. The Morgan fingerprint density at radius 2 is 1.04 bits per heavy atom. The summed E-state index contributed by atoms with van der Waals surface area (Å²) >= 11 is 0. The van der Waals surface area contributed by atoms with Crippen LogP contribution in [0.3, 0.4) is 0 Å².